The Morgan fingerprint density at radius 2 is 1.68 bits per heavy atom. The first-order valence-corrected chi connectivity index (χ1v) is 8.31. The van der Waals surface area contributed by atoms with Crippen LogP contribution in [-0.2, 0) is 11.3 Å². The Morgan fingerprint density at radius 3 is 2.32 bits per heavy atom. The molecule has 2 rings (SSSR count). The summed E-state index contributed by atoms with van der Waals surface area (Å²) in [6.45, 7) is 0.379. The third kappa shape index (κ3) is 5.13. The van der Waals surface area contributed by atoms with Crippen LogP contribution in [0, 0.1) is 0 Å². The molecule has 25 heavy (non-hydrogen) atoms. The standard InChI is InChI=1S/C17H18N2O5S/c1-24-17(23)14-7-6-13(25-14)16(22)19-10-11-2-4-12(5-3-11)15(21)18-8-9-20/h2-7,20H,8-10H2,1H3,(H,18,21)(H,19,22). The molecule has 0 spiro atoms. The number of hydrogen-bond donors (Lipinski definition) is 3. The van der Waals surface area contributed by atoms with Gasteiger partial charge in [-0.2, -0.15) is 0 Å². The summed E-state index contributed by atoms with van der Waals surface area (Å²) < 4.78 is 4.61. The highest BCUT2D eigenvalue weighted by molar-refractivity contribution is 7.15. The quantitative estimate of drug-likeness (QED) is 0.642. The summed E-state index contributed by atoms with van der Waals surface area (Å²) in [5.74, 6) is -1.03. The van der Waals surface area contributed by atoms with Crippen molar-refractivity contribution in [3.05, 3.63) is 57.3 Å². The van der Waals surface area contributed by atoms with Gasteiger partial charge < -0.3 is 20.5 Å². The van der Waals surface area contributed by atoms with Gasteiger partial charge in [0.05, 0.1) is 18.6 Å². The van der Waals surface area contributed by atoms with E-state index in [1.54, 1.807) is 36.4 Å². The van der Waals surface area contributed by atoms with E-state index in [9.17, 15) is 14.4 Å². The monoisotopic (exact) mass is 362 g/mol. The number of aliphatic hydroxyl groups is 1. The molecule has 0 aliphatic heterocycles. The average molecular weight is 362 g/mol. The summed E-state index contributed by atoms with van der Waals surface area (Å²) in [7, 11) is 1.29. The molecule has 1 aromatic heterocycles. The van der Waals surface area contributed by atoms with E-state index in [2.05, 4.69) is 15.4 Å². The lowest BCUT2D eigenvalue weighted by Gasteiger charge is -2.06. The third-order valence-electron chi connectivity index (χ3n) is 3.28. The van der Waals surface area contributed by atoms with E-state index < -0.39 is 5.97 Å². The maximum absolute atomic E-state index is 12.1. The number of amides is 2. The van der Waals surface area contributed by atoms with Gasteiger partial charge in [0.2, 0.25) is 0 Å². The molecule has 0 aliphatic carbocycles. The van der Waals surface area contributed by atoms with Crippen LogP contribution in [0.25, 0.3) is 0 Å². The molecule has 8 heteroatoms. The largest absolute Gasteiger partial charge is 0.465 e. The fraction of sp³-hybridized carbons (Fsp3) is 0.235. The van der Waals surface area contributed by atoms with Crippen LogP contribution in [0.4, 0.5) is 0 Å². The van der Waals surface area contributed by atoms with Gasteiger partial charge in [-0.25, -0.2) is 4.79 Å². The van der Waals surface area contributed by atoms with Gasteiger partial charge >= 0.3 is 5.97 Å². The Morgan fingerprint density at radius 1 is 1.00 bits per heavy atom. The van der Waals surface area contributed by atoms with Gasteiger partial charge in [0.1, 0.15) is 4.88 Å². The maximum Gasteiger partial charge on any atom is 0.348 e. The van der Waals surface area contributed by atoms with E-state index in [1.807, 2.05) is 0 Å². The molecule has 2 amide bonds. The molecule has 7 nitrogen and oxygen atoms in total. The van der Waals surface area contributed by atoms with Crippen molar-refractivity contribution < 1.29 is 24.2 Å². The molecular weight excluding hydrogens is 344 g/mol. The predicted molar refractivity (Wildman–Crippen MR) is 92.7 cm³/mol. The van der Waals surface area contributed by atoms with Crippen LogP contribution >= 0.6 is 11.3 Å². The molecule has 3 N–H and O–H groups in total. The molecule has 0 atom stereocenters. The molecular formula is C17H18N2O5S. The van der Waals surface area contributed by atoms with Gasteiger partial charge in [0.25, 0.3) is 11.8 Å². The highest BCUT2D eigenvalue weighted by Gasteiger charge is 2.13. The van der Waals surface area contributed by atoms with Crippen molar-refractivity contribution in [2.24, 2.45) is 0 Å². The topological polar surface area (TPSA) is 105 Å². The number of ether oxygens (including phenoxy) is 1. The fourth-order valence-electron chi connectivity index (χ4n) is 1.99. The average Bonchev–Trinajstić information content (AvgIpc) is 3.14. The smallest absolute Gasteiger partial charge is 0.348 e. The number of benzene rings is 1. The van der Waals surface area contributed by atoms with Crippen molar-refractivity contribution in [3.8, 4) is 0 Å². The van der Waals surface area contributed by atoms with Crippen LogP contribution in [0.1, 0.15) is 35.3 Å². The van der Waals surface area contributed by atoms with E-state index in [1.165, 1.54) is 7.11 Å². The number of esters is 1. The number of carbonyl (C=O) groups is 3. The normalized spacial score (nSPS) is 10.2. The van der Waals surface area contributed by atoms with Crippen molar-refractivity contribution in [1.82, 2.24) is 10.6 Å². The second-order valence-corrected chi connectivity index (χ2v) is 6.10. The molecule has 0 saturated heterocycles. The first kappa shape index (κ1) is 18.6. The van der Waals surface area contributed by atoms with Gasteiger partial charge in [-0.1, -0.05) is 12.1 Å². The second kappa shape index (κ2) is 8.95. The number of nitrogens with one attached hydrogen (secondary N) is 2. The van der Waals surface area contributed by atoms with Crippen molar-refractivity contribution in [2.45, 2.75) is 6.54 Å². The van der Waals surface area contributed by atoms with Crippen molar-refractivity contribution in [1.29, 1.82) is 0 Å². The zero-order chi connectivity index (χ0) is 18.2. The number of methoxy groups -OCH3 is 1. The van der Waals surface area contributed by atoms with Crippen LogP contribution < -0.4 is 10.6 Å². The number of aliphatic hydroxyl groups excluding tert-OH is 1. The van der Waals surface area contributed by atoms with Crippen molar-refractivity contribution in [3.63, 3.8) is 0 Å². The number of hydrogen-bond acceptors (Lipinski definition) is 6. The third-order valence-corrected chi connectivity index (χ3v) is 4.35. The molecule has 0 unspecified atom stereocenters. The molecule has 2 aromatic rings. The fourth-order valence-corrected chi connectivity index (χ4v) is 2.83. The van der Waals surface area contributed by atoms with Crippen LogP contribution in [0.3, 0.4) is 0 Å². The lowest BCUT2D eigenvalue weighted by atomic mass is 10.1. The van der Waals surface area contributed by atoms with Crippen molar-refractivity contribution >= 4 is 29.1 Å². The van der Waals surface area contributed by atoms with E-state index in [0.717, 1.165) is 16.9 Å². The van der Waals surface area contributed by atoms with Crippen LogP contribution in [-0.4, -0.2) is 43.2 Å². The second-order valence-electron chi connectivity index (χ2n) is 5.01. The lowest BCUT2D eigenvalue weighted by Crippen LogP contribution is -2.26. The summed E-state index contributed by atoms with van der Waals surface area (Å²) in [6, 6.07) is 9.89. The maximum atomic E-state index is 12.1. The van der Waals surface area contributed by atoms with Crippen molar-refractivity contribution in [2.75, 3.05) is 20.3 Å². The Kier molecular flexibility index (Phi) is 6.67. The SMILES string of the molecule is COC(=O)c1ccc(C(=O)NCc2ccc(C(=O)NCCO)cc2)s1. The highest BCUT2D eigenvalue weighted by atomic mass is 32.1. The molecule has 0 radical (unpaired) electrons. The molecule has 132 valence electrons. The molecule has 0 aliphatic rings. The first-order chi connectivity index (χ1) is 12.0. The zero-order valence-electron chi connectivity index (χ0n) is 13.6. The van der Waals surface area contributed by atoms with E-state index in [0.29, 0.717) is 21.9 Å². The van der Waals surface area contributed by atoms with E-state index in [-0.39, 0.29) is 25.0 Å². The Bertz CT molecular complexity index is 755. The molecule has 0 fully saturated rings. The number of thiophene rings is 1. The number of rotatable bonds is 7. The van der Waals surface area contributed by atoms with E-state index in [4.69, 9.17) is 5.11 Å². The number of carbonyl (C=O) groups excluding carboxylic acids is 3. The van der Waals surface area contributed by atoms with Gasteiger partial charge in [0.15, 0.2) is 0 Å². The van der Waals surface area contributed by atoms with Gasteiger partial charge in [-0.05, 0) is 29.8 Å². The first-order valence-electron chi connectivity index (χ1n) is 7.49. The summed E-state index contributed by atoms with van der Waals surface area (Å²) in [4.78, 5) is 36.0. The molecule has 0 saturated carbocycles. The van der Waals surface area contributed by atoms with Crippen LogP contribution in [0.5, 0.6) is 0 Å². The lowest BCUT2D eigenvalue weighted by molar-refractivity contribution is 0.0606. The predicted octanol–water partition coefficient (Wildman–Crippen LogP) is 1.19. The Balaban J connectivity index is 1.90. The van der Waals surface area contributed by atoms with E-state index >= 15 is 0 Å². The minimum absolute atomic E-state index is 0.115. The summed E-state index contributed by atoms with van der Waals surface area (Å²) in [6.07, 6.45) is 0. The van der Waals surface area contributed by atoms with Gasteiger partial charge in [-0.3, -0.25) is 9.59 Å². The molecule has 1 aromatic carbocycles. The molecule has 1 heterocycles. The van der Waals surface area contributed by atoms with Crippen LogP contribution in [0.15, 0.2) is 36.4 Å². The van der Waals surface area contributed by atoms with Gasteiger partial charge in [0, 0.05) is 18.7 Å². The Hall–Kier alpha value is -2.71. The molecule has 0 bridgehead atoms. The Labute approximate surface area is 148 Å². The minimum atomic E-state index is -0.473. The van der Waals surface area contributed by atoms with Crippen LogP contribution in [0.2, 0.25) is 0 Å². The summed E-state index contributed by atoms with van der Waals surface area (Å²) in [5.41, 5.74) is 1.31. The highest BCUT2D eigenvalue weighted by Crippen LogP contribution is 2.17. The zero-order valence-corrected chi connectivity index (χ0v) is 14.4. The summed E-state index contributed by atoms with van der Waals surface area (Å²) in [5, 5.41) is 14.0. The summed E-state index contributed by atoms with van der Waals surface area (Å²) >= 11 is 1.06. The van der Waals surface area contributed by atoms with Gasteiger partial charge in [-0.15, -0.1) is 11.3 Å². The minimum Gasteiger partial charge on any atom is -0.465 e.